The van der Waals surface area contributed by atoms with Gasteiger partial charge in [-0.2, -0.15) is 0 Å². The van der Waals surface area contributed by atoms with Gasteiger partial charge in [-0.05, 0) is 64.3 Å². The van der Waals surface area contributed by atoms with Crippen LogP contribution in [-0.2, 0) is 9.53 Å². The summed E-state index contributed by atoms with van der Waals surface area (Å²) >= 11 is 0. The summed E-state index contributed by atoms with van der Waals surface area (Å²) in [6.45, 7) is 12.1. The second-order valence-electron chi connectivity index (χ2n) is 6.12. The summed E-state index contributed by atoms with van der Waals surface area (Å²) in [6.07, 6.45) is 0. The van der Waals surface area contributed by atoms with Gasteiger partial charge in [0.05, 0.1) is 7.11 Å². The van der Waals surface area contributed by atoms with E-state index in [1.54, 1.807) is 6.92 Å². The zero-order chi connectivity index (χ0) is 16.2. The third kappa shape index (κ3) is 4.46. The number of hydrogen-bond donors (Lipinski definition) is 1. The van der Waals surface area contributed by atoms with E-state index in [2.05, 4.69) is 18.3 Å². The molecule has 4 heteroatoms. The number of ether oxygens (including phenoxy) is 2. The smallest absolute Gasteiger partial charge is 0.329 e. The molecule has 21 heavy (non-hydrogen) atoms. The van der Waals surface area contributed by atoms with Gasteiger partial charge in [-0.3, -0.25) is 5.32 Å². The van der Waals surface area contributed by atoms with Gasteiger partial charge < -0.3 is 9.47 Å². The zero-order valence-corrected chi connectivity index (χ0v) is 14.2. The van der Waals surface area contributed by atoms with Crippen LogP contribution < -0.4 is 10.1 Å². The maximum absolute atomic E-state index is 12.0. The largest absolute Gasteiger partial charge is 0.491 e. The van der Waals surface area contributed by atoms with Crippen molar-refractivity contribution in [1.82, 2.24) is 5.32 Å². The first-order valence-electron chi connectivity index (χ1n) is 7.26. The molecule has 0 radical (unpaired) electrons. The molecule has 0 bridgehead atoms. The molecular weight excluding hydrogens is 266 g/mol. The third-order valence-electron chi connectivity index (χ3n) is 3.52. The van der Waals surface area contributed by atoms with Gasteiger partial charge in [0.1, 0.15) is 17.9 Å². The van der Waals surface area contributed by atoms with Crippen LogP contribution >= 0.6 is 0 Å². The van der Waals surface area contributed by atoms with Crippen molar-refractivity contribution in [1.29, 1.82) is 0 Å². The third-order valence-corrected chi connectivity index (χ3v) is 3.52. The first kappa shape index (κ1) is 17.5. The minimum absolute atomic E-state index is 0.151. The Balaban J connectivity index is 2.94. The van der Waals surface area contributed by atoms with Crippen molar-refractivity contribution in [2.75, 3.05) is 13.7 Å². The van der Waals surface area contributed by atoms with Crippen molar-refractivity contribution in [2.24, 2.45) is 0 Å². The molecule has 0 saturated carbocycles. The van der Waals surface area contributed by atoms with Crippen molar-refractivity contribution in [3.8, 4) is 5.75 Å². The Morgan fingerprint density at radius 1 is 1.29 bits per heavy atom. The highest BCUT2D eigenvalue weighted by atomic mass is 16.5. The molecule has 0 aliphatic rings. The number of benzene rings is 1. The number of hydrogen-bond acceptors (Lipinski definition) is 4. The van der Waals surface area contributed by atoms with E-state index >= 15 is 0 Å². The molecule has 0 aliphatic heterocycles. The predicted octanol–water partition coefficient (Wildman–Crippen LogP) is 2.92. The van der Waals surface area contributed by atoms with Gasteiger partial charge in [0.2, 0.25) is 0 Å². The lowest BCUT2D eigenvalue weighted by Crippen LogP contribution is -2.56. The minimum atomic E-state index is -0.868. The number of carbonyl (C=O) groups excluding carboxylic acids is 1. The summed E-state index contributed by atoms with van der Waals surface area (Å²) in [5.74, 6) is 0.492. The number of carbonyl (C=O) groups is 1. The average molecular weight is 293 g/mol. The molecule has 0 amide bonds. The Morgan fingerprint density at radius 3 is 2.43 bits per heavy atom. The summed E-state index contributed by atoms with van der Waals surface area (Å²) in [5.41, 5.74) is 2.55. The van der Waals surface area contributed by atoms with Crippen LogP contribution in [0, 0.1) is 20.8 Å². The summed E-state index contributed by atoms with van der Waals surface area (Å²) < 4.78 is 10.8. The van der Waals surface area contributed by atoms with Crippen molar-refractivity contribution in [3.05, 3.63) is 28.8 Å². The number of aryl methyl sites for hydroxylation is 2. The second kappa shape index (κ2) is 6.94. The average Bonchev–Trinajstić information content (AvgIpc) is 2.39. The molecule has 1 N–H and O–H groups in total. The van der Waals surface area contributed by atoms with Gasteiger partial charge in [0.25, 0.3) is 0 Å². The fraction of sp³-hybridized carbons (Fsp3) is 0.588. The van der Waals surface area contributed by atoms with Crippen molar-refractivity contribution >= 4 is 5.97 Å². The normalized spacial score (nSPS) is 13.9. The highest BCUT2D eigenvalue weighted by Gasteiger charge is 2.36. The number of rotatable bonds is 6. The van der Waals surface area contributed by atoms with Crippen LogP contribution in [0.15, 0.2) is 12.1 Å². The van der Waals surface area contributed by atoms with Crippen LogP contribution in [0.1, 0.15) is 37.5 Å². The number of methoxy groups -OCH3 is 1. The summed E-state index contributed by atoms with van der Waals surface area (Å²) in [4.78, 5) is 12.0. The Morgan fingerprint density at radius 2 is 1.90 bits per heavy atom. The predicted molar refractivity (Wildman–Crippen MR) is 84.8 cm³/mol. The van der Waals surface area contributed by atoms with E-state index in [1.807, 2.05) is 33.8 Å². The molecule has 1 aromatic carbocycles. The molecule has 0 aromatic heterocycles. The van der Waals surface area contributed by atoms with Gasteiger partial charge in [0, 0.05) is 6.04 Å². The lowest BCUT2D eigenvalue weighted by Gasteiger charge is -2.30. The van der Waals surface area contributed by atoms with Gasteiger partial charge in [-0.1, -0.05) is 6.07 Å². The van der Waals surface area contributed by atoms with Gasteiger partial charge in [0.15, 0.2) is 0 Å². The van der Waals surface area contributed by atoms with Gasteiger partial charge >= 0.3 is 5.97 Å². The van der Waals surface area contributed by atoms with Crippen molar-refractivity contribution < 1.29 is 14.3 Å². The molecule has 0 fully saturated rings. The quantitative estimate of drug-likeness (QED) is 0.819. The Labute approximate surface area is 127 Å². The SMILES string of the molecule is COC(=O)C(C)(COc1cc(C)cc(C)c1C)NC(C)C. The molecule has 1 unspecified atom stereocenters. The topological polar surface area (TPSA) is 47.6 Å². The fourth-order valence-electron chi connectivity index (χ4n) is 2.39. The van der Waals surface area contributed by atoms with E-state index in [-0.39, 0.29) is 18.6 Å². The van der Waals surface area contributed by atoms with E-state index in [4.69, 9.17) is 9.47 Å². The number of esters is 1. The fourth-order valence-corrected chi connectivity index (χ4v) is 2.39. The second-order valence-corrected chi connectivity index (χ2v) is 6.12. The molecule has 1 aromatic rings. The van der Waals surface area contributed by atoms with Crippen LogP contribution in [0.25, 0.3) is 0 Å². The lowest BCUT2D eigenvalue weighted by atomic mass is 10.0. The maximum atomic E-state index is 12.0. The molecule has 0 heterocycles. The highest BCUT2D eigenvalue weighted by Crippen LogP contribution is 2.24. The Kier molecular flexibility index (Phi) is 5.78. The monoisotopic (exact) mass is 293 g/mol. The summed E-state index contributed by atoms with van der Waals surface area (Å²) in [5, 5.41) is 3.23. The molecule has 0 spiro atoms. The van der Waals surface area contributed by atoms with Crippen LogP contribution in [-0.4, -0.2) is 31.3 Å². The zero-order valence-electron chi connectivity index (χ0n) is 14.2. The lowest BCUT2D eigenvalue weighted by molar-refractivity contribution is -0.149. The highest BCUT2D eigenvalue weighted by molar-refractivity contribution is 5.80. The summed E-state index contributed by atoms with van der Waals surface area (Å²) in [6, 6.07) is 4.27. The van der Waals surface area contributed by atoms with Gasteiger partial charge in [-0.25, -0.2) is 4.79 Å². The molecule has 1 atom stereocenters. The summed E-state index contributed by atoms with van der Waals surface area (Å²) in [7, 11) is 1.39. The van der Waals surface area contributed by atoms with E-state index < -0.39 is 5.54 Å². The molecule has 4 nitrogen and oxygen atoms in total. The number of nitrogens with one attached hydrogen (secondary N) is 1. The molecular formula is C17H27NO3. The van der Waals surface area contributed by atoms with Gasteiger partial charge in [-0.15, -0.1) is 0 Å². The van der Waals surface area contributed by atoms with Crippen LogP contribution in [0.4, 0.5) is 0 Å². The van der Waals surface area contributed by atoms with Crippen LogP contribution in [0.3, 0.4) is 0 Å². The van der Waals surface area contributed by atoms with Crippen molar-refractivity contribution in [2.45, 2.75) is 53.1 Å². The Bertz CT molecular complexity index is 511. The molecule has 0 saturated heterocycles. The van der Waals surface area contributed by atoms with Crippen LogP contribution in [0.2, 0.25) is 0 Å². The van der Waals surface area contributed by atoms with Crippen molar-refractivity contribution in [3.63, 3.8) is 0 Å². The maximum Gasteiger partial charge on any atom is 0.329 e. The minimum Gasteiger partial charge on any atom is -0.491 e. The molecule has 1 rings (SSSR count). The Hall–Kier alpha value is -1.55. The van der Waals surface area contributed by atoms with E-state index in [0.29, 0.717) is 0 Å². The first-order valence-corrected chi connectivity index (χ1v) is 7.26. The molecule has 0 aliphatic carbocycles. The first-order chi connectivity index (χ1) is 9.69. The van der Waals surface area contributed by atoms with E-state index in [9.17, 15) is 4.79 Å². The molecule has 118 valence electrons. The van der Waals surface area contributed by atoms with Crippen LogP contribution in [0.5, 0.6) is 5.75 Å². The van der Waals surface area contributed by atoms with E-state index in [1.165, 1.54) is 12.7 Å². The standard InChI is InChI=1S/C17H27NO3/c1-11(2)18-17(6,16(19)20-7)10-21-15-9-12(3)8-13(4)14(15)5/h8-9,11,18H,10H2,1-7H3. The van der Waals surface area contributed by atoms with E-state index in [0.717, 1.165) is 16.9 Å².